The summed E-state index contributed by atoms with van der Waals surface area (Å²) in [5, 5.41) is 0. The number of benzene rings is 2. The number of carbonyl (C=O) groups excluding carboxylic acids is 1. The molecule has 4 rings (SSSR count). The fraction of sp³-hybridized carbons (Fsp3) is 0.381. The summed E-state index contributed by atoms with van der Waals surface area (Å²) in [4.78, 5) is 17.1. The van der Waals surface area contributed by atoms with Crippen LogP contribution in [0.4, 0.5) is 0 Å². The Hall–Kier alpha value is -2.17. The van der Waals surface area contributed by atoms with Crippen LogP contribution >= 0.6 is 0 Å². The van der Waals surface area contributed by atoms with Crippen molar-refractivity contribution >= 4 is 5.91 Å². The lowest BCUT2D eigenvalue weighted by Crippen LogP contribution is -2.46. The molecule has 1 atom stereocenters. The van der Waals surface area contributed by atoms with Gasteiger partial charge >= 0.3 is 0 Å². The highest BCUT2D eigenvalue weighted by molar-refractivity contribution is 5.79. The van der Waals surface area contributed by atoms with Crippen molar-refractivity contribution in [3.63, 3.8) is 0 Å². The molecule has 4 nitrogen and oxygen atoms in total. The minimum absolute atomic E-state index is 0.220. The fourth-order valence-electron chi connectivity index (χ4n) is 3.82. The third-order valence-corrected chi connectivity index (χ3v) is 5.21. The molecule has 2 aromatic carbocycles. The number of rotatable bonds is 3. The number of nitrogens with zero attached hydrogens (tertiary/aromatic N) is 2. The molecular formula is C21H24N2O2. The molecule has 25 heavy (non-hydrogen) atoms. The van der Waals surface area contributed by atoms with Crippen molar-refractivity contribution < 1.29 is 9.53 Å². The summed E-state index contributed by atoms with van der Waals surface area (Å²) in [6, 6.07) is 19.0. The zero-order valence-electron chi connectivity index (χ0n) is 14.4. The van der Waals surface area contributed by atoms with E-state index in [-0.39, 0.29) is 11.8 Å². The molecular weight excluding hydrogens is 312 g/mol. The molecule has 2 aromatic rings. The maximum Gasteiger partial charge on any atom is 0.237 e. The van der Waals surface area contributed by atoms with E-state index in [0.29, 0.717) is 13.1 Å². The van der Waals surface area contributed by atoms with Gasteiger partial charge in [0, 0.05) is 32.1 Å². The van der Waals surface area contributed by atoms with Crippen LogP contribution in [0.1, 0.15) is 22.6 Å². The van der Waals surface area contributed by atoms with Crippen molar-refractivity contribution in [2.45, 2.75) is 12.5 Å². The van der Waals surface area contributed by atoms with E-state index in [9.17, 15) is 4.79 Å². The van der Waals surface area contributed by atoms with Gasteiger partial charge in [-0.25, -0.2) is 0 Å². The number of amides is 1. The molecule has 0 aliphatic carbocycles. The van der Waals surface area contributed by atoms with Crippen molar-refractivity contribution in [2.24, 2.45) is 0 Å². The van der Waals surface area contributed by atoms with Crippen LogP contribution in [0.2, 0.25) is 0 Å². The predicted molar refractivity (Wildman–Crippen MR) is 97.4 cm³/mol. The maximum absolute atomic E-state index is 12.9. The lowest BCUT2D eigenvalue weighted by molar-refractivity contribution is -0.134. The molecule has 1 saturated heterocycles. The maximum atomic E-state index is 12.9. The first-order chi connectivity index (χ1) is 12.3. The van der Waals surface area contributed by atoms with Crippen LogP contribution in [-0.4, -0.2) is 55.1 Å². The zero-order valence-corrected chi connectivity index (χ0v) is 14.4. The van der Waals surface area contributed by atoms with Gasteiger partial charge in [-0.1, -0.05) is 54.6 Å². The second-order valence-corrected chi connectivity index (χ2v) is 6.82. The van der Waals surface area contributed by atoms with Gasteiger partial charge in [-0.3, -0.25) is 9.69 Å². The van der Waals surface area contributed by atoms with Crippen molar-refractivity contribution in [1.29, 1.82) is 0 Å². The fourth-order valence-corrected chi connectivity index (χ4v) is 3.82. The largest absolute Gasteiger partial charge is 0.379 e. The van der Waals surface area contributed by atoms with Gasteiger partial charge < -0.3 is 9.64 Å². The monoisotopic (exact) mass is 336 g/mol. The predicted octanol–water partition coefficient (Wildman–Crippen LogP) is 2.49. The highest BCUT2D eigenvalue weighted by Crippen LogP contribution is 2.33. The number of carbonyl (C=O) groups is 1. The van der Waals surface area contributed by atoms with Crippen LogP contribution in [0.5, 0.6) is 0 Å². The molecule has 0 radical (unpaired) electrons. The summed E-state index contributed by atoms with van der Waals surface area (Å²) < 4.78 is 5.38. The second kappa shape index (κ2) is 7.38. The van der Waals surface area contributed by atoms with Crippen LogP contribution in [0.15, 0.2) is 54.6 Å². The molecule has 2 aliphatic rings. The van der Waals surface area contributed by atoms with Crippen LogP contribution in [0.3, 0.4) is 0 Å². The van der Waals surface area contributed by atoms with Gasteiger partial charge in [-0.15, -0.1) is 0 Å². The quantitative estimate of drug-likeness (QED) is 0.863. The average Bonchev–Trinajstić information content (AvgIpc) is 2.68. The van der Waals surface area contributed by atoms with Crippen LogP contribution in [0.25, 0.3) is 0 Å². The topological polar surface area (TPSA) is 32.8 Å². The Labute approximate surface area is 149 Å². The van der Waals surface area contributed by atoms with E-state index in [1.165, 1.54) is 16.7 Å². The number of fused-ring (bicyclic) bond motifs is 1. The molecule has 130 valence electrons. The second-order valence-electron chi connectivity index (χ2n) is 6.82. The van der Waals surface area contributed by atoms with E-state index < -0.39 is 0 Å². The molecule has 0 N–H and O–H groups in total. The number of hydrogen-bond acceptors (Lipinski definition) is 3. The third-order valence-electron chi connectivity index (χ3n) is 5.21. The summed E-state index contributed by atoms with van der Waals surface area (Å²) in [5.74, 6) is 0.470. The summed E-state index contributed by atoms with van der Waals surface area (Å²) in [6.45, 7) is 5.10. The lowest BCUT2D eigenvalue weighted by atomic mass is 9.84. The summed E-state index contributed by atoms with van der Waals surface area (Å²) in [5.41, 5.74) is 3.89. The van der Waals surface area contributed by atoms with Gasteiger partial charge in [0.15, 0.2) is 0 Å². The van der Waals surface area contributed by atoms with E-state index in [4.69, 9.17) is 4.74 Å². The Bertz CT molecular complexity index is 726. The molecule has 1 fully saturated rings. The first-order valence-corrected chi connectivity index (χ1v) is 9.02. The summed E-state index contributed by atoms with van der Waals surface area (Å²) in [6.07, 6.45) is 0. The molecule has 0 spiro atoms. The Morgan fingerprint density at radius 3 is 2.52 bits per heavy atom. The average molecular weight is 336 g/mol. The number of hydrogen-bond donors (Lipinski definition) is 0. The Morgan fingerprint density at radius 2 is 1.72 bits per heavy atom. The zero-order chi connectivity index (χ0) is 17.1. The van der Waals surface area contributed by atoms with Crippen LogP contribution in [-0.2, 0) is 16.1 Å². The van der Waals surface area contributed by atoms with Crippen LogP contribution in [0, 0.1) is 0 Å². The molecule has 0 aromatic heterocycles. The van der Waals surface area contributed by atoms with Crippen molar-refractivity contribution in [3.05, 3.63) is 71.3 Å². The number of ether oxygens (including phenoxy) is 1. The van der Waals surface area contributed by atoms with Crippen LogP contribution < -0.4 is 0 Å². The van der Waals surface area contributed by atoms with Gasteiger partial charge in [0.2, 0.25) is 5.91 Å². The normalized spacial score (nSPS) is 21.0. The molecule has 1 amide bonds. The van der Waals surface area contributed by atoms with Gasteiger partial charge in [0.1, 0.15) is 0 Å². The van der Waals surface area contributed by atoms with E-state index in [0.717, 1.165) is 32.8 Å². The molecule has 0 saturated carbocycles. The van der Waals surface area contributed by atoms with Crippen molar-refractivity contribution in [2.75, 3.05) is 39.4 Å². The minimum atomic E-state index is 0.220. The standard InChI is InChI=1S/C21H24N2O2/c24-21(16-22-10-12-25-13-11-22)23-14-18-8-4-5-9-19(18)20(15-23)17-6-2-1-3-7-17/h1-9,20H,10-16H2/t20-/m0/s1. The third kappa shape index (κ3) is 3.60. The lowest BCUT2D eigenvalue weighted by Gasteiger charge is -2.36. The van der Waals surface area contributed by atoms with Gasteiger partial charge in [0.05, 0.1) is 19.8 Å². The van der Waals surface area contributed by atoms with E-state index >= 15 is 0 Å². The Morgan fingerprint density at radius 1 is 1.00 bits per heavy atom. The summed E-state index contributed by atoms with van der Waals surface area (Å²) >= 11 is 0. The van der Waals surface area contributed by atoms with Gasteiger partial charge in [-0.05, 0) is 16.7 Å². The first-order valence-electron chi connectivity index (χ1n) is 9.02. The Kier molecular flexibility index (Phi) is 4.81. The van der Waals surface area contributed by atoms with E-state index in [1.54, 1.807) is 0 Å². The highest BCUT2D eigenvalue weighted by atomic mass is 16.5. The smallest absolute Gasteiger partial charge is 0.237 e. The molecule has 0 unspecified atom stereocenters. The molecule has 2 heterocycles. The molecule has 2 aliphatic heterocycles. The minimum Gasteiger partial charge on any atom is -0.379 e. The van der Waals surface area contributed by atoms with Gasteiger partial charge in [0.25, 0.3) is 0 Å². The Balaban J connectivity index is 1.56. The summed E-state index contributed by atoms with van der Waals surface area (Å²) in [7, 11) is 0. The highest BCUT2D eigenvalue weighted by Gasteiger charge is 2.29. The SMILES string of the molecule is O=C(CN1CCOCC1)N1Cc2ccccc2[C@H](c2ccccc2)C1. The van der Waals surface area contributed by atoms with E-state index in [1.807, 2.05) is 11.0 Å². The van der Waals surface area contributed by atoms with Gasteiger partial charge in [-0.2, -0.15) is 0 Å². The number of morpholine rings is 1. The first kappa shape index (κ1) is 16.3. The van der Waals surface area contributed by atoms with Crippen molar-refractivity contribution in [1.82, 2.24) is 9.80 Å². The molecule has 0 bridgehead atoms. The molecule has 4 heteroatoms. The van der Waals surface area contributed by atoms with E-state index in [2.05, 4.69) is 53.4 Å². The van der Waals surface area contributed by atoms with Crippen molar-refractivity contribution in [3.8, 4) is 0 Å².